The highest BCUT2D eigenvalue weighted by Crippen LogP contribution is 2.26. The third-order valence-corrected chi connectivity index (χ3v) is 2.96. The second-order valence-corrected chi connectivity index (χ2v) is 4.63. The number of nitrogens with one attached hydrogen (secondary N) is 1. The number of H-pyrrole nitrogens is 1. The summed E-state index contributed by atoms with van der Waals surface area (Å²) >= 11 is 11.9. The first kappa shape index (κ1) is 10.6. The van der Waals surface area contributed by atoms with Gasteiger partial charge >= 0.3 is 0 Å². The van der Waals surface area contributed by atoms with Crippen molar-refractivity contribution < 1.29 is 0 Å². The maximum absolute atomic E-state index is 5.97. The average Bonchev–Trinajstić information content (AvgIpc) is 2.71. The van der Waals surface area contributed by atoms with Crippen molar-refractivity contribution in [1.82, 2.24) is 9.97 Å². The molecule has 2 nitrogen and oxygen atoms in total. The maximum atomic E-state index is 5.97. The van der Waals surface area contributed by atoms with Crippen molar-refractivity contribution in [2.24, 2.45) is 0 Å². The highest BCUT2D eigenvalue weighted by Gasteiger charge is 2.06. The quantitative estimate of drug-likeness (QED) is 0.686. The van der Waals surface area contributed by atoms with Crippen LogP contribution in [0.4, 0.5) is 0 Å². The van der Waals surface area contributed by atoms with Crippen LogP contribution in [-0.2, 0) is 0 Å². The molecule has 0 amide bonds. The highest BCUT2D eigenvalue weighted by atomic mass is 35.5. The Morgan fingerprint density at radius 2 is 1.65 bits per heavy atom. The van der Waals surface area contributed by atoms with Gasteiger partial charge in [0.25, 0.3) is 0 Å². The molecule has 0 saturated carbocycles. The van der Waals surface area contributed by atoms with E-state index in [2.05, 4.69) is 9.97 Å². The van der Waals surface area contributed by atoms with E-state index in [9.17, 15) is 0 Å². The predicted molar refractivity (Wildman–Crippen MR) is 71.5 cm³/mol. The van der Waals surface area contributed by atoms with Crippen LogP contribution < -0.4 is 0 Å². The summed E-state index contributed by atoms with van der Waals surface area (Å²) in [5.41, 5.74) is 2.82. The summed E-state index contributed by atoms with van der Waals surface area (Å²) in [6, 6.07) is 13.2. The minimum atomic E-state index is 0.605. The van der Waals surface area contributed by atoms with Crippen LogP contribution in [-0.4, -0.2) is 9.97 Å². The van der Waals surface area contributed by atoms with Crippen LogP contribution in [0.5, 0.6) is 0 Å². The van der Waals surface area contributed by atoms with Gasteiger partial charge in [0.1, 0.15) is 5.82 Å². The number of halogens is 2. The van der Waals surface area contributed by atoms with E-state index in [4.69, 9.17) is 23.2 Å². The number of nitrogens with zero attached hydrogens (tertiary/aromatic N) is 1. The molecule has 0 atom stereocenters. The first-order chi connectivity index (χ1) is 8.22. The van der Waals surface area contributed by atoms with Gasteiger partial charge < -0.3 is 4.98 Å². The summed E-state index contributed by atoms with van der Waals surface area (Å²) in [6.45, 7) is 0. The Labute approximate surface area is 108 Å². The van der Waals surface area contributed by atoms with E-state index in [0.717, 1.165) is 22.4 Å². The Hall–Kier alpha value is -1.51. The zero-order valence-corrected chi connectivity index (χ0v) is 10.3. The molecule has 1 N–H and O–H groups in total. The number of aromatic nitrogens is 2. The van der Waals surface area contributed by atoms with Crippen molar-refractivity contribution in [1.29, 1.82) is 0 Å². The van der Waals surface area contributed by atoms with E-state index in [-0.39, 0.29) is 0 Å². The predicted octanol–water partition coefficient (Wildman–Crippen LogP) is 4.54. The third kappa shape index (κ3) is 2.02. The van der Waals surface area contributed by atoms with Crippen LogP contribution in [0.3, 0.4) is 0 Å². The van der Waals surface area contributed by atoms with Crippen LogP contribution in [0.15, 0.2) is 42.5 Å². The lowest BCUT2D eigenvalue weighted by molar-refractivity contribution is 1.34. The Bertz CT molecular complexity index is 635. The molecule has 0 aliphatic heterocycles. The summed E-state index contributed by atoms with van der Waals surface area (Å²) < 4.78 is 0. The fourth-order valence-corrected chi connectivity index (χ4v) is 2.31. The van der Waals surface area contributed by atoms with Gasteiger partial charge in [0.15, 0.2) is 0 Å². The summed E-state index contributed by atoms with van der Waals surface area (Å²) in [6.07, 6.45) is 0. The molecule has 1 heterocycles. The van der Waals surface area contributed by atoms with Crippen molar-refractivity contribution in [2.45, 2.75) is 0 Å². The third-order valence-electron chi connectivity index (χ3n) is 2.53. The van der Waals surface area contributed by atoms with Gasteiger partial charge in [0.05, 0.1) is 11.0 Å². The van der Waals surface area contributed by atoms with Gasteiger partial charge in [-0.25, -0.2) is 4.98 Å². The minimum absolute atomic E-state index is 0.605. The zero-order valence-electron chi connectivity index (χ0n) is 8.74. The van der Waals surface area contributed by atoms with E-state index < -0.39 is 0 Å². The Morgan fingerprint density at radius 1 is 0.941 bits per heavy atom. The van der Waals surface area contributed by atoms with Gasteiger partial charge in [-0.2, -0.15) is 0 Å². The van der Waals surface area contributed by atoms with Gasteiger partial charge in [0, 0.05) is 15.6 Å². The van der Waals surface area contributed by atoms with Crippen molar-refractivity contribution in [3.8, 4) is 11.4 Å². The lowest BCUT2D eigenvalue weighted by atomic mass is 10.2. The first-order valence-corrected chi connectivity index (χ1v) is 5.89. The van der Waals surface area contributed by atoms with Gasteiger partial charge in [-0.05, 0) is 30.3 Å². The minimum Gasteiger partial charge on any atom is -0.338 e. The molecule has 0 fully saturated rings. The van der Waals surface area contributed by atoms with E-state index >= 15 is 0 Å². The van der Waals surface area contributed by atoms with Crippen molar-refractivity contribution in [2.75, 3.05) is 0 Å². The zero-order chi connectivity index (χ0) is 11.8. The smallest absolute Gasteiger partial charge is 0.138 e. The van der Waals surface area contributed by atoms with Gasteiger partial charge in [-0.15, -0.1) is 0 Å². The SMILES string of the molecule is Clc1cc(Cl)cc(-c2nc3ccccc3[nH]2)c1. The normalized spacial score (nSPS) is 10.9. The Morgan fingerprint density at radius 3 is 2.35 bits per heavy atom. The second kappa shape index (κ2) is 4.06. The fourth-order valence-electron chi connectivity index (χ4n) is 1.78. The largest absolute Gasteiger partial charge is 0.338 e. The average molecular weight is 263 g/mol. The summed E-state index contributed by atoms with van der Waals surface area (Å²) in [5.74, 6) is 0.774. The monoisotopic (exact) mass is 262 g/mol. The van der Waals surface area contributed by atoms with E-state index in [1.807, 2.05) is 36.4 Å². The summed E-state index contributed by atoms with van der Waals surface area (Å²) in [7, 11) is 0. The molecule has 4 heteroatoms. The van der Waals surface area contributed by atoms with Gasteiger partial charge in [-0.3, -0.25) is 0 Å². The molecule has 3 aromatic rings. The maximum Gasteiger partial charge on any atom is 0.138 e. The van der Waals surface area contributed by atoms with E-state index in [1.165, 1.54) is 0 Å². The number of imidazole rings is 1. The molecule has 0 aliphatic carbocycles. The van der Waals surface area contributed by atoms with Gasteiger partial charge in [0.2, 0.25) is 0 Å². The first-order valence-electron chi connectivity index (χ1n) is 5.13. The summed E-state index contributed by atoms with van der Waals surface area (Å²) in [5, 5.41) is 1.21. The molecule has 17 heavy (non-hydrogen) atoms. The second-order valence-electron chi connectivity index (χ2n) is 3.76. The van der Waals surface area contributed by atoms with E-state index in [0.29, 0.717) is 10.0 Å². The number of hydrogen-bond acceptors (Lipinski definition) is 1. The molecule has 0 saturated heterocycles. The van der Waals surface area contributed by atoms with Crippen LogP contribution >= 0.6 is 23.2 Å². The molecule has 0 unspecified atom stereocenters. The number of fused-ring (bicyclic) bond motifs is 1. The fraction of sp³-hybridized carbons (Fsp3) is 0. The molecule has 3 rings (SSSR count). The number of para-hydroxylation sites is 2. The number of rotatable bonds is 1. The Balaban J connectivity index is 2.20. The van der Waals surface area contributed by atoms with Crippen LogP contribution in [0.1, 0.15) is 0 Å². The molecule has 0 bridgehead atoms. The van der Waals surface area contributed by atoms with Crippen LogP contribution in [0.2, 0.25) is 10.0 Å². The van der Waals surface area contributed by atoms with Gasteiger partial charge in [-0.1, -0.05) is 35.3 Å². The van der Waals surface area contributed by atoms with E-state index in [1.54, 1.807) is 6.07 Å². The number of hydrogen-bond donors (Lipinski definition) is 1. The molecule has 0 aliphatic rings. The molecule has 2 aromatic carbocycles. The molecular weight excluding hydrogens is 255 g/mol. The van der Waals surface area contributed by atoms with Crippen molar-refractivity contribution in [3.05, 3.63) is 52.5 Å². The topological polar surface area (TPSA) is 28.7 Å². The molecular formula is C13H8Cl2N2. The highest BCUT2D eigenvalue weighted by molar-refractivity contribution is 6.35. The number of benzene rings is 2. The molecule has 0 spiro atoms. The van der Waals surface area contributed by atoms with Crippen molar-refractivity contribution >= 4 is 34.2 Å². The standard InChI is InChI=1S/C13H8Cl2N2/c14-9-5-8(6-10(15)7-9)13-16-11-3-1-2-4-12(11)17-13/h1-7H,(H,16,17). The summed E-state index contributed by atoms with van der Waals surface area (Å²) in [4.78, 5) is 7.73. The molecule has 1 aromatic heterocycles. The lowest BCUT2D eigenvalue weighted by Gasteiger charge is -1.98. The Kier molecular flexibility index (Phi) is 2.54. The molecule has 0 radical (unpaired) electrons. The van der Waals surface area contributed by atoms with Crippen LogP contribution in [0, 0.1) is 0 Å². The number of aromatic amines is 1. The van der Waals surface area contributed by atoms with Crippen LogP contribution in [0.25, 0.3) is 22.4 Å². The molecule has 84 valence electrons. The van der Waals surface area contributed by atoms with Crippen molar-refractivity contribution in [3.63, 3.8) is 0 Å². The lowest BCUT2D eigenvalue weighted by Crippen LogP contribution is -1.80.